The van der Waals surface area contributed by atoms with Gasteiger partial charge in [0.15, 0.2) is 5.13 Å². The largest absolute Gasteiger partial charge is 0.361 e. The molecule has 1 aliphatic carbocycles. The quantitative estimate of drug-likeness (QED) is 0.853. The predicted molar refractivity (Wildman–Crippen MR) is 63.5 cm³/mol. The van der Waals surface area contributed by atoms with Gasteiger partial charge in [0, 0.05) is 24.0 Å². The summed E-state index contributed by atoms with van der Waals surface area (Å²) in [6.07, 6.45) is 3.04. The summed E-state index contributed by atoms with van der Waals surface area (Å²) < 4.78 is 0. The average Bonchev–Trinajstić information content (AvgIpc) is 2.72. The minimum absolute atomic E-state index is 0.671. The molecule has 1 atom stereocenters. The van der Waals surface area contributed by atoms with E-state index in [-0.39, 0.29) is 0 Å². The highest BCUT2D eigenvalue weighted by Crippen LogP contribution is 2.34. The monoisotopic (exact) mass is 216 g/mol. The van der Waals surface area contributed by atoms with Crippen LogP contribution in [-0.2, 0) is 6.42 Å². The van der Waals surface area contributed by atoms with Crippen LogP contribution in [0, 0.1) is 0 Å². The molecule has 1 aromatic carbocycles. The maximum atomic E-state index is 4.21. The molecule has 0 saturated carbocycles. The molecule has 0 radical (unpaired) electrons. The van der Waals surface area contributed by atoms with E-state index in [0.717, 1.165) is 11.7 Å². The van der Waals surface area contributed by atoms with Crippen LogP contribution in [0.15, 0.2) is 35.8 Å². The number of benzene rings is 1. The van der Waals surface area contributed by atoms with Crippen LogP contribution in [0.2, 0.25) is 0 Å². The predicted octanol–water partition coefficient (Wildman–Crippen LogP) is 2.89. The zero-order chi connectivity index (χ0) is 10.1. The van der Waals surface area contributed by atoms with Gasteiger partial charge in [0.2, 0.25) is 0 Å². The lowest BCUT2D eigenvalue weighted by atomic mass is 9.78. The number of rotatable bonds is 3. The van der Waals surface area contributed by atoms with Crippen molar-refractivity contribution in [2.45, 2.75) is 12.3 Å². The first-order chi connectivity index (χ1) is 7.43. The molecular formula is C12H12N2S. The third-order valence-electron chi connectivity index (χ3n) is 2.89. The maximum absolute atomic E-state index is 4.21. The molecule has 0 saturated heterocycles. The Hall–Kier alpha value is -1.35. The van der Waals surface area contributed by atoms with E-state index in [1.165, 1.54) is 17.5 Å². The molecule has 15 heavy (non-hydrogen) atoms. The number of hydrogen-bond donors (Lipinski definition) is 1. The highest BCUT2D eigenvalue weighted by Gasteiger charge is 2.24. The topological polar surface area (TPSA) is 24.9 Å². The lowest BCUT2D eigenvalue weighted by Gasteiger charge is -2.30. The molecule has 3 rings (SSSR count). The minimum Gasteiger partial charge on any atom is -0.361 e. The fourth-order valence-corrected chi connectivity index (χ4v) is 2.61. The van der Waals surface area contributed by atoms with Gasteiger partial charge in [0.05, 0.1) is 0 Å². The summed E-state index contributed by atoms with van der Waals surface area (Å²) in [5.74, 6) is 0.671. The molecule has 3 heteroatoms. The number of anilines is 1. The fraction of sp³-hybridized carbons (Fsp3) is 0.250. The van der Waals surface area contributed by atoms with Crippen LogP contribution < -0.4 is 5.32 Å². The molecule has 0 bridgehead atoms. The molecule has 1 aromatic heterocycles. The Morgan fingerprint density at radius 2 is 2.33 bits per heavy atom. The van der Waals surface area contributed by atoms with Crippen molar-refractivity contribution in [1.82, 2.24) is 4.98 Å². The van der Waals surface area contributed by atoms with E-state index in [1.54, 1.807) is 11.3 Å². The molecule has 0 amide bonds. The molecule has 0 spiro atoms. The standard InChI is InChI=1S/C12H12N2S/c1-2-4-11-9(3-1)7-10(11)8-14-12-13-5-6-15-12/h1-6,10H,7-8H2,(H,13,14). The summed E-state index contributed by atoms with van der Waals surface area (Å²) >= 11 is 1.66. The van der Waals surface area contributed by atoms with Crippen molar-refractivity contribution >= 4 is 16.5 Å². The molecular weight excluding hydrogens is 204 g/mol. The van der Waals surface area contributed by atoms with Crippen LogP contribution in [0.25, 0.3) is 0 Å². The van der Waals surface area contributed by atoms with Crippen LogP contribution in [0.4, 0.5) is 5.13 Å². The van der Waals surface area contributed by atoms with Gasteiger partial charge in [-0.3, -0.25) is 0 Å². The van der Waals surface area contributed by atoms with E-state index in [1.807, 2.05) is 11.6 Å². The Labute approximate surface area is 93.0 Å². The zero-order valence-corrected chi connectivity index (χ0v) is 9.13. The Kier molecular flexibility index (Phi) is 2.18. The number of nitrogens with one attached hydrogen (secondary N) is 1. The van der Waals surface area contributed by atoms with Gasteiger partial charge >= 0.3 is 0 Å². The number of hydrogen-bond acceptors (Lipinski definition) is 3. The summed E-state index contributed by atoms with van der Waals surface area (Å²) in [5.41, 5.74) is 3.00. The summed E-state index contributed by atoms with van der Waals surface area (Å²) in [5, 5.41) is 6.40. The van der Waals surface area contributed by atoms with Crippen molar-refractivity contribution in [3.8, 4) is 0 Å². The molecule has 1 heterocycles. The van der Waals surface area contributed by atoms with Gasteiger partial charge in [-0.15, -0.1) is 11.3 Å². The maximum Gasteiger partial charge on any atom is 0.182 e. The summed E-state index contributed by atoms with van der Waals surface area (Å²) in [7, 11) is 0. The van der Waals surface area contributed by atoms with E-state index in [4.69, 9.17) is 0 Å². The van der Waals surface area contributed by atoms with Gasteiger partial charge < -0.3 is 5.32 Å². The van der Waals surface area contributed by atoms with Gasteiger partial charge in [-0.2, -0.15) is 0 Å². The number of thiazole rings is 1. The van der Waals surface area contributed by atoms with Crippen LogP contribution in [0.1, 0.15) is 17.0 Å². The van der Waals surface area contributed by atoms with Gasteiger partial charge in [-0.25, -0.2) is 4.98 Å². The minimum atomic E-state index is 0.671. The first-order valence-electron chi connectivity index (χ1n) is 5.14. The molecule has 0 aliphatic heterocycles. The van der Waals surface area contributed by atoms with Crippen LogP contribution in [0.5, 0.6) is 0 Å². The van der Waals surface area contributed by atoms with E-state index in [0.29, 0.717) is 5.92 Å². The lowest BCUT2D eigenvalue weighted by Crippen LogP contribution is -2.24. The second-order valence-electron chi connectivity index (χ2n) is 3.82. The van der Waals surface area contributed by atoms with Crippen LogP contribution >= 0.6 is 11.3 Å². The molecule has 1 unspecified atom stereocenters. The molecule has 2 aromatic rings. The van der Waals surface area contributed by atoms with Crippen LogP contribution in [0.3, 0.4) is 0 Å². The first kappa shape index (κ1) is 8.92. The van der Waals surface area contributed by atoms with Gasteiger partial charge in [-0.1, -0.05) is 24.3 Å². The smallest absolute Gasteiger partial charge is 0.182 e. The Balaban J connectivity index is 1.64. The van der Waals surface area contributed by atoms with Crippen molar-refractivity contribution in [2.24, 2.45) is 0 Å². The second kappa shape index (κ2) is 3.66. The molecule has 1 aliphatic rings. The highest BCUT2D eigenvalue weighted by molar-refractivity contribution is 7.13. The Bertz CT molecular complexity index is 450. The van der Waals surface area contributed by atoms with E-state index in [9.17, 15) is 0 Å². The van der Waals surface area contributed by atoms with E-state index < -0.39 is 0 Å². The normalized spacial score (nSPS) is 18.0. The van der Waals surface area contributed by atoms with Crippen molar-refractivity contribution in [2.75, 3.05) is 11.9 Å². The third kappa shape index (κ3) is 1.63. The molecule has 1 N–H and O–H groups in total. The SMILES string of the molecule is c1ccc2c(c1)CC2CNc1nccs1. The van der Waals surface area contributed by atoms with Crippen molar-refractivity contribution in [3.05, 3.63) is 47.0 Å². The van der Waals surface area contributed by atoms with Crippen molar-refractivity contribution in [3.63, 3.8) is 0 Å². The van der Waals surface area contributed by atoms with Crippen molar-refractivity contribution < 1.29 is 0 Å². The average molecular weight is 216 g/mol. The third-order valence-corrected chi connectivity index (χ3v) is 3.62. The number of aromatic nitrogens is 1. The fourth-order valence-electron chi connectivity index (χ4n) is 2.07. The molecule has 0 fully saturated rings. The highest BCUT2D eigenvalue weighted by atomic mass is 32.1. The second-order valence-corrected chi connectivity index (χ2v) is 4.71. The molecule has 2 nitrogen and oxygen atoms in total. The van der Waals surface area contributed by atoms with Gasteiger partial charge in [0.1, 0.15) is 0 Å². The van der Waals surface area contributed by atoms with Crippen LogP contribution in [-0.4, -0.2) is 11.5 Å². The Morgan fingerprint density at radius 3 is 3.13 bits per heavy atom. The zero-order valence-electron chi connectivity index (χ0n) is 8.31. The van der Waals surface area contributed by atoms with Gasteiger partial charge in [0.25, 0.3) is 0 Å². The summed E-state index contributed by atoms with van der Waals surface area (Å²) in [4.78, 5) is 4.21. The van der Waals surface area contributed by atoms with Gasteiger partial charge in [-0.05, 0) is 17.5 Å². The van der Waals surface area contributed by atoms with Crippen molar-refractivity contribution in [1.29, 1.82) is 0 Å². The summed E-state index contributed by atoms with van der Waals surface area (Å²) in [6, 6.07) is 8.68. The summed E-state index contributed by atoms with van der Waals surface area (Å²) in [6.45, 7) is 1.00. The Morgan fingerprint density at radius 1 is 1.40 bits per heavy atom. The lowest BCUT2D eigenvalue weighted by molar-refractivity contribution is 0.635. The van der Waals surface area contributed by atoms with E-state index in [2.05, 4.69) is 34.6 Å². The van der Waals surface area contributed by atoms with E-state index >= 15 is 0 Å². The number of fused-ring (bicyclic) bond motifs is 1. The number of nitrogens with zero attached hydrogens (tertiary/aromatic N) is 1. The first-order valence-corrected chi connectivity index (χ1v) is 6.02. The molecule has 76 valence electrons.